The fourth-order valence-electron chi connectivity index (χ4n) is 2.99. The van der Waals surface area contributed by atoms with Gasteiger partial charge in [0.2, 0.25) is 0 Å². The number of hydrogen-bond acceptors (Lipinski definition) is 3. The molecule has 3 nitrogen and oxygen atoms in total. The second kappa shape index (κ2) is 7.04. The van der Waals surface area contributed by atoms with Crippen LogP contribution in [0.4, 0.5) is 0 Å². The number of rotatable bonds is 6. The minimum Gasteiger partial charge on any atom is -0.316 e. The number of nitrogens with one attached hydrogen (secondary N) is 1. The highest BCUT2D eigenvalue weighted by molar-refractivity contribution is 5.23. The first-order valence-corrected chi connectivity index (χ1v) is 7.30. The lowest BCUT2D eigenvalue weighted by atomic mass is 10.1. The van der Waals surface area contributed by atoms with Crippen LogP contribution in [0.1, 0.15) is 24.0 Å². The summed E-state index contributed by atoms with van der Waals surface area (Å²) in [5.41, 5.74) is 2.78. The third kappa shape index (κ3) is 4.30. The van der Waals surface area contributed by atoms with Crippen molar-refractivity contribution in [2.45, 2.75) is 32.0 Å². The van der Waals surface area contributed by atoms with Crippen molar-refractivity contribution in [3.8, 4) is 0 Å². The van der Waals surface area contributed by atoms with Gasteiger partial charge in [0.15, 0.2) is 0 Å². The van der Waals surface area contributed by atoms with Gasteiger partial charge in [-0.25, -0.2) is 0 Å². The van der Waals surface area contributed by atoms with Gasteiger partial charge in [-0.3, -0.25) is 0 Å². The molecule has 0 aromatic heterocycles. The first kappa shape index (κ1) is 14.5. The summed E-state index contributed by atoms with van der Waals surface area (Å²) in [6, 6.07) is 9.63. The van der Waals surface area contributed by atoms with Crippen molar-refractivity contribution in [3.05, 3.63) is 35.4 Å². The molecule has 0 saturated carbocycles. The third-order valence-corrected chi connectivity index (χ3v) is 4.02. The van der Waals surface area contributed by atoms with Crippen LogP contribution in [0, 0.1) is 0 Å². The number of hydrogen-bond donors (Lipinski definition) is 1. The molecule has 1 aromatic rings. The first-order chi connectivity index (χ1) is 9.19. The topological polar surface area (TPSA) is 18.5 Å². The zero-order chi connectivity index (χ0) is 13.7. The summed E-state index contributed by atoms with van der Waals surface area (Å²) >= 11 is 0. The first-order valence-electron chi connectivity index (χ1n) is 7.30. The summed E-state index contributed by atoms with van der Waals surface area (Å²) in [6.45, 7) is 4.42. The monoisotopic (exact) mass is 261 g/mol. The summed E-state index contributed by atoms with van der Waals surface area (Å²) in [5, 5.41) is 3.21. The number of benzene rings is 1. The predicted octanol–water partition coefficient (Wildman–Crippen LogP) is 1.93. The normalized spacial score (nSPS) is 20.3. The van der Waals surface area contributed by atoms with Gasteiger partial charge in [-0.1, -0.05) is 24.3 Å². The van der Waals surface area contributed by atoms with E-state index >= 15 is 0 Å². The van der Waals surface area contributed by atoms with E-state index in [1.807, 2.05) is 7.05 Å². The molecule has 1 N–H and O–H groups in total. The lowest BCUT2D eigenvalue weighted by Gasteiger charge is -2.25. The summed E-state index contributed by atoms with van der Waals surface area (Å²) in [7, 11) is 6.48. The molecule has 19 heavy (non-hydrogen) atoms. The van der Waals surface area contributed by atoms with Crippen LogP contribution in [-0.2, 0) is 13.1 Å². The Balaban J connectivity index is 1.87. The zero-order valence-corrected chi connectivity index (χ0v) is 12.5. The number of likely N-dealkylation sites (N-methyl/N-ethyl adjacent to an activating group) is 2. The van der Waals surface area contributed by atoms with Crippen LogP contribution in [0.2, 0.25) is 0 Å². The van der Waals surface area contributed by atoms with Crippen molar-refractivity contribution in [1.82, 2.24) is 15.1 Å². The molecule has 1 fully saturated rings. The van der Waals surface area contributed by atoms with Gasteiger partial charge in [-0.2, -0.15) is 0 Å². The molecule has 0 aliphatic carbocycles. The van der Waals surface area contributed by atoms with Gasteiger partial charge in [-0.15, -0.1) is 0 Å². The highest BCUT2D eigenvalue weighted by Gasteiger charge is 2.21. The quantitative estimate of drug-likeness (QED) is 0.844. The third-order valence-electron chi connectivity index (χ3n) is 4.02. The van der Waals surface area contributed by atoms with Gasteiger partial charge >= 0.3 is 0 Å². The van der Waals surface area contributed by atoms with Crippen LogP contribution in [0.25, 0.3) is 0 Å². The minimum absolute atomic E-state index is 0.741. The molecule has 0 bridgehead atoms. The van der Waals surface area contributed by atoms with Crippen LogP contribution < -0.4 is 5.32 Å². The fraction of sp³-hybridized carbons (Fsp3) is 0.625. The molecular weight excluding hydrogens is 234 g/mol. The largest absolute Gasteiger partial charge is 0.316 e. The van der Waals surface area contributed by atoms with Crippen molar-refractivity contribution in [3.63, 3.8) is 0 Å². The lowest BCUT2D eigenvalue weighted by molar-refractivity contribution is 0.215. The Bertz CT molecular complexity index is 391. The van der Waals surface area contributed by atoms with Crippen molar-refractivity contribution >= 4 is 0 Å². The van der Waals surface area contributed by atoms with Gasteiger partial charge in [0.05, 0.1) is 0 Å². The predicted molar refractivity (Wildman–Crippen MR) is 81.2 cm³/mol. The van der Waals surface area contributed by atoms with E-state index in [9.17, 15) is 0 Å². The SMILES string of the molecule is CNCc1cccc(CN(C)CC2CCCN2C)c1. The molecule has 2 rings (SSSR count). The molecule has 1 heterocycles. The van der Waals surface area contributed by atoms with E-state index in [0.29, 0.717) is 0 Å². The average molecular weight is 261 g/mol. The van der Waals surface area contributed by atoms with Gasteiger partial charge in [-0.05, 0) is 51.7 Å². The zero-order valence-electron chi connectivity index (χ0n) is 12.5. The maximum Gasteiger partial charge on any atom is 0.0231 e. The number of nitrogens with zero attached hydrogens (tertiary/aromatic N) is 2. The maximum atomic E-state index is 3.21. The number of likely N-dealkylation sites (tertiary alicyclic amines) is 1. The van der Waals surface area contributed by atoms with E-state index in [1.165, 1.54) is 37.1 Å². The van der Waals surface area contributed by atoms with Crippen molar-refractivity contribution in [1.29, 1.82) is 0 Å². The smallest absolute Gasteiger partial charge is 0.0231 e. The van der Waals surface area contributed by atoms with Crippen molar-refractivity contribution in [2.75, 3.05) is 34.2 Å². The van der Waals surface area contributed by atoms with Crippen LogP contribution >= 0.6 is 0 Å². The molecule has 0 amide bonds. The molecule has 3 heteroatoms. The van der Waals surface area contributed by atoms with Crippen LogP contribution in [0.3, 0.4) is 0 Å². The molecule has 0 radical (unpaired) electrons. The van der Waals surface area contributed by atoms with E-state index in [-0.39, 0.29) is 0 Å². The maximum absolute atomic E-state index is 3.21. The summed E-state index contributed by atoms with van der Waals surface area (Å²) in [6.07, 6.45) is 2.70. The van der Waals surface area contributed by atoms with E-state index in [0.717, 1.165) is 19.1 Å². The molecule has 1 unspecified atom stereocenters. The highest BCUT2D eigenvalue weighted by Crippen LogP contribution is 2.16. The van der Waals surface area contributed by atoms with Crippen molar-refractivity contribution < 1.29 is 0 Å². The van der Waals surface area contributed by atoms with Gasteiger partial charge in [0.25, 0.3) is 0 Å². The van der Waals surface area contributed by atoms with E-state index < -0.39 is 0 Å². The van der Waals surface area contributed by atoms with Gasteiger partial charge in [0.1, 0.15) is 0 Å². The van der Waals surface area contributed by atoms with Crippen molar-refractivity contribution in [2.24, 2.45) is 0 Å². The fourth-order valence-corrected chi connectivity index (χ4v) is 2.99. The van der Waals surface area contributed by atoms with E-state index in [4.69, 9.17) is 0 Å². The Kier molecular flexibility index (Phi) is 5.37. The Morgan fingerprint density at radius 1 is 1.37 bits per heavy atom. The molecule has 1 aliphatic rings. The van der Waals surface area contributed by atoms with Crippen LogP contribution in [0.5, 0.6) is 0 Å². The minimum atomic E-state index is 0.741. The van der Waals surface area contributed by atoms with Gasteiger partial charge in [0, 0.05) is 25.7 Å². The Morgan fingerprint density at radius 3 is 2.84 bits per heavy atom. The molecule has 1 saturated heterocycles. The lowest BCUT2D eigenvalue weighted by Crippen LogP contribution is -2.36. The second-order valence-electron chi connectivity index (χ2n) is 5.82. The Hall–Kier alpha value is -0.900. The average Bonchev–Trinajstić information content (AvgIpc) is 2.76. The molecule has 106 valence electrons. The molecule has 0 spiro atoms. The molecule has 1 atom stereocenters. The standard InChI is InChI=1S/C16H27N3/c1-17-11-14-6-4-7-15(10-14)12-18(2)13-16-8-5-9-19(16)3/h4,6-7,10,16-17H,5,8-9,11-13H2,1-3H3. The Morgan fingerprint density at radius 2 is 2.16 bits per heavy atom. The summed E-state index contributed by atoms with van der Waals surface area (Å²) in [5.74, 6) is 0. The summed E-state index contributed by atoms with van der Waals surface area (Å²) < 4.78 is 0. The molecular formula is C16H27N3. The molecule has 1 aliphatic heterocycles. The van der Waals surface area contributed by atoms with E-state index in [2.05, 4.69) is 53.5 Å². The summed E-state index contributed by atoms with van der Waals surface area (Å²) in [4.78, 5) is 4.94. The van der Waals surface area contributed by atoms with Crippen LogP contribution in [0.15, 0.2) is 24.3 Å². The molecule has 1 aromatic carbocycles. The Labute approximate surface area is 117 Å². The van der Waals surface area contributed by atoms with E-state index in [1.54, 1.807) is 0 Å². The second-order valence-corrected chi connectivity index (χ2v) is 5.82. The van der Waals surface area contributed by atoms with Gasteiger partial charge < -0.3 is 15.1 Å². The van der Waals surface area contributed by atoms with Crippen LogP contribution in [-0.4, -0.2) is 50.1 Å². The highest BCUT2D eigenvalue weighted by atomic mass is 15.2.